The van der Waals surface area contributed by atoms with Crippen LogP contribution in [-0.4, -0.2) is 10.5 Å². The highest BCUT2D eigenvalue weighted by Crippen LogP contribution is 2.14. The lowest BCUT2D eigenvalue weighted by atomic mass is 10.0. The van der Waals surface area contributed by atoms with Crippen LogP contribution in [0.15, 0.2) is 24.3 Å². The number of hydrogen-bond donors (Lipinski definition) is 2. The second-order valence-electron chi connectivity index (χ2n) is 5.49. The number of aryl methyl sites for hydroxylation is 2. The van der Waals surface area contributed by atoms with Crippen LogP contribution in [0.5, 0.6) is 0 Å². The van der Waals surface area contributed by atoms with E-state index in [9.17, 15) is 4.79 Å². The van der Waals surface area contributed by atoms with Gasteiger partial charge in [-0.3, -0.25) is 4.79 Å². The van der Waals surface area contributed by atoms with E-state index in [1.807, 2.05) is 50.6 Å². The van der Waals surface area contributed by atoms with Gasteiger partial charge in [0, 0.05) is 31.5 Å². The fourth-order valence-corrected chi connectivity index (χ4v) is 2.44. The number of nitrogens with zero attached hydrogens (tertiary/aromatic N) is 1. The first-order chi connectivity index (χ1) is 9.93. The van der Waals surface area contributed by atoms with E-state index in [0.29, 0.717) is 13.1 Å². The Hall–Kier alpha value is -2.07. The van der Waals surface area contributed by atoms with Crippen molar-refractivity contribution in [2.45, 2.75) is 33.9 Å². The van der Waals surface area contributed by atoms with E-state index in [2.05, 4.69) is 11.4 Å². The van der Waals surface area contributed by atoms with Crippen LogP contribution >= 0.6 is 0 Å². The Morgan fingerprint density at radius 3 is 2.48 bits per heavy atom. The molecular formula is C17H23N3O. The predicted molar refractivity (Wildman–Crippen MR) is 85.1 cm³/mol. The Morgan fingerprint density at radius 2 is 1.95 bits per heavy atom. The number of nitrogens with two attached hydrogens (primary N) is 1. The number of aromatic nitrogens is 1. The molecule has 0 unspecified atom stereocenters. The molecule has 0 aliphatic rings. The van der Waals surface area contributed by atoms with Gasteiger partial charge in [-0.1, -0.05) is 18.2 Å². The van der Waals surface area contributed by atoms with Crippen LogP contribution in [0.3, 0.4) is 0 Å². The molecule has 112 valence electrons. The number of amides is 1. The standard InChI is InChI=1S/C17H23N3O/c1-11-7-14(9-18)5-6-15(11)10-19-17(21)16-8-12(2)20(4)13(16)3/h5-8H,9-10,18H2,1-4H3,(H,19,21). The Balaban J connectivity index is 2.09. The molecule has 0 bridgehead atoms. The van der Waals surface area contributed by atoms with E-state index in [1.165, 1.54) is 0 Å². The molecule has 0 spiro atoms. The van der Waals surface area contributed by atoms with Gasteiger partial charge in [-0.25, -0.2) is 0 Å². The van der Waals surface area contributed by atoms with Gasteiger partial charge in [0.2, 0.25) is 0 Å². The molecule has 1 heterocycles. The summed E-state index contributed by atoms with van der Waals surface area (Å²) in [6.07, 6.45) is 0. The normalized spacial score (nSPS) is 10.7. The molecule has 0 saturated heterocycles. The summed E-state index contributed by atoms with van der Waals surface area (Å²) < 4.78 is 2.02. The van der Waals surface area contributed by atoms with Gasteiger partial charge in [0.15, 0.2) is 0 Å². The lowest BCUT2D eigenvalue weighted by Gasteiger charge is -2.09. The molecule has 0 aliphatic carbocycles. The number of carbonyl (C=O) groups is 1. The van der Waals surface area contributed by atoms with Crippen molar-refractivity contribution in [2.24, 2.45) is 12.8 Å². The van der Waals surface area contributed by atoms with E-state index < -0.39 is 0 Å². The van der Waals surface area contributed by atoms with Crippen LogP contribution in [-0.2, 0) is 20.1 Å². The first-order valence-corrected chi connectivity index (χ1v) is 7.13. The molecule has 3 N–H and O–H groups in total. The topological polar surface area (TPSA) is 60.0 Å². The number of carbonyl (C=O) groups excluding carboxylic acids is 1. The number of hydrogen-bond acceptors (Lipinski definition) is 2. The van der Waals surface area contributed by atoms with Gasteiger partial charge in [0.05, 0.1) is 5.56 Å². The minimum atomic E-state index is -0.0292. The summed E-state index contributed by atoms with van der Waals surface area (Å²) in [4.78, 5) is 12.3. The van der Waals surface area contributed by atoms with Crippen molar-refractivity contribution in [2.75, 3.05) is 0 Å². The van der Waals surface area contributed by atoms with Gasteiger partial charge in [-0.05, 0) is 43.5 Å². The minimum Gasteiger partial charge on any atom is -0.351 e. The lowest BCUT2D eigenvalue weighted by molar-refractivity contribution is 0.0950. The summed E-state index contributed by atoms with van der Waals surface area (Å²) in [5, 5.41) is 2.99. The molecule has 0 aliphatic heterocycles. The Morgan fingerprint density at radius 1 is 1.24 bits per heavy atom. The average molecular weight is 285 g/mol. The molecule has 4 nitrogen and oxygen atoms in total. The maximum absolute atomic E-state index is 12.3. The van der Waals surface area contributed by atoms with Crippen molar-refractivity contribution in [1.29, 1.82) is 0 Å². The fourth-order valence-electron chi connectivity index (χ4n) is 2.44. The van der Waals surface area contributed by atoms with E-state index in [0.717, 1.165) is 33.6 Å². The van der Waals surface area contributed by atoms with Crippen molar-refractivity contribution < 1.29 is 4.79 Å². The highest BCUT2D eigenvalue weighted by Gasteiger charge is 2.13. The predicted octanol–water partition coefficient (Wildman–Crippen LogP) is 2.34. The summed E-state index contributed by atoms with van der Waals surface area (Å²) in [6, 6.07) is 8.03. The average Bonchev–Trinajstić information content (AvgIpc) is 2.73. The van der Waals surface area contributed by atoms with E-state index in [1.54, 1.807) is 0 Å². The third-order valence-corrected chi connectivity index (χ3v) is 4.10. The summed E-state index contributed by atoms with van der Waals surface area (Å²) in [7, 11) is 1.97. The molecule has 21 heavy (non-hydrogen) atoms. The van der Waals surface area contributed by atoms with E-state index in [-0.39, 0.29) is 5.91 Å². The first-order valence-electron chi connectivity index (χ1n) is 7.13. The molecule has 0 radical (unpaired) electrons. The van der Waals surface area contributed by atoms with Gasteiger partial charge in [-0.2, -0.15) is 0 Å². The van der Waals surface area contributed by atoms with Gasteiger partial charge in [-0.15, -0.1) is 0 Å². The quantitative estimate of drug-likeness (QED) is 0.906. The van der Waals surface area contributed by atoms with Crippen molar-refractivity contribution in [3.63, 3.8) is 0 Å². The Labute approximate surface area is 126 Å². The molecule has 4 heteroatoms. The lowest BCUT2D eigenvalue weighted by Crippen LogP contribution is -2.23. The zero-order chi connectivity index (χ0) is 15.6. The summed E-state index contributed by atoms with van der Waals surface area (Å²) in [6.45, 7) is 7.07. The third kappa shape index (κ3) is 3.16. The molecule has 2 aromatic rings. The highest BCUT2D eigenvalue weighted by molar-refractivity contribution is 5.95. The van der Waals surface area contributed by atoms with Crippen LogP contribution in [0, 0.1) is 20.8 Å². The van der Waals surface area contributed by atoms with Crippen LogP contribution in [0.4, 0.5) is 0 Å². The third-order valence-electron chi connectivity index (χ3n) is 4.10. The zero-order valence-corrected chi connectivity index (χ0v) is 13.2. The molecule has 2 rings (SSSR count). The minimum absolute atomic E-state index is 0.0292. The summed E-state index contributed by atoms with van der Waals surface area (Å²) in [5.74, 6) is -0.0292. The monoisotopic (exact) mass is 285 g/mol. The van der Waals surface area contributed by atoms with Crippen LogP contribution in [0.2, 0.25) is 0 Å². The largest absolute Gasteiger partial charge is 0.351 e. The molecule has 0 saturated carbocycles. The van der Waals surface area contributed by atoms with Gasteiger partial charge in [0.1, 0.15) is 0 Å². The maximum atomic E-state index is 12.3. The Bertz CT molecular complexity index is 671. The molecule has 1 aromatic heterocycles. The fraction of sp³-hybridized carbons (Fsp3) is 0.353. The van der Waals surface area contributed by atoms with E-state index >= 15 is 0 Å². The summed E-state index contributed by atoms with van der Waals surface area (Å²) in [5.41, 5.74) is 11.8. The summed E-state index contributed by atoms with van der Waals surface area (Å²) >= 11 is 0. The second-order valence-corrected chi connectivity index (χ2v) is 5.49. The number of benzene rings is 1. The molecule has 1 aromatic carbocycles. The van der Waals surface area contributed by atoms with Crippen molar-refractivity contribution in [1.82, 2.24) is 9.88 Å². The molecule has 0 fully saturated rings. The van der Waals surface area contributed by atoms with Gasteiger partial charge in [0.25, 0.3) is 5.91 Å². The zero-order valence-electron chi connectivity index (χ0n) is 13.2. The molecular weight excluding hydrogens is 262 g/mol. The Kier molecular flexibility index (Phi) is 4.48. The molecule has 0 atom stereocenters. The van der Waals surface area contributed by atoms with Crippen molar-refractivity contribution in [3.8, 4) is 0 Å². The second kappa shape index (κ2) is 6.14. The highest BCUT2D eigenvalue weighted by atomic mass is 16.1. The van der Waals surface area contributed by atoms with Crippen molar-refractivity contribution >= 4 is 5.91 Å². The maximum Gasteiger partial charge on any atom is 0.253 e. The van der Waals surface area contributed by atoms with E-state index in [4.69, 9.17) is 5.73 Å². The first kappa shape index (κ1) is 15.3. The van der Waals surface area contributed by atoms with Crippen molar-refractivity contribution in [3.05, 3.63) is 57.9 Å². The van der Waals surface area contributed by atoms with Gasteiger partial charge >= 0.3 is 0 Å². The van der Waals surface area contributed by atoms with Crippen LogP contribution in [0.25, 0.3) is 0 Å². The number of nitrogens with one attached hydrogen (secondary N) is 1. The van der Waals surface area contributed by atoms with Crippen LogP contribution < -0.4 is 11.1 Å². The molecule has 1 amide bonds. The smallest absolute Gasteiger partial charge is 0.253 e. The van der Waals surface area contributed by atoms with Crippen LogP contribution in [0.1, 0.15) is 38.4 Å². The van der Waals surface area contributed by atoms with Gasteiger partial charge < -0.3 is 15.6 Å². The number of rotatable bonds is 4. The SMILES string of the molecule is Cc1cc(CN)ccc1CNC(=O)c1cc(C)n(C)c1C.